The first-order valence-corrected chi connectivity index (χ1v) is 5.04. The first kappa shape index (κ1) is 10.8. The van der Waals surface area contributed by atoms with E-state index in [1.807, 2.05) is 6.07 Å². The molecule has 0 aliphatic carbocycles. The maximum absolute atomic E-state index is 8.43. The fourth-order valence-electron chi connectivity index (χ4n) is 1.33. The van der Waals surface area contributed by atoms with Gasteiger partial charge in [-0.1, -0.05) is 36.3 Å². The number of aliphatic hydroxyl groups excluding tert-OH is 1. The zero-order valence-electron chi connectivity index (χ0n) is 8.37. The minimum absolute atomic E-state index is 0.0152. The van der Waals surface area contributed by atoms with Crippen molar-refractivity contribution in [2.75, 3.05) is 6.61 Å². The second-order valence-corrected chi connectivity index (χ2v) is 3.20. The standard InChI is InChI=1S/C13H16O/c14-12-8-3-1-2-5-9-13-10-6-4-7-11-13/h4,6-7,10-11,14H,1-2,5,9,12H2. The average molecular weight is 188 g/mol. The summed E-state index contributed by atoms with van der Waals surface area (Å²) in [6.45, 7) is -0.0152. The topological polar surface area (TPSA) is 20.2 Å². The van der Waals surface area contributed by atoms with Crippen molar-refractivity contribution in [3.63, 3.8) is 0 Å². The Hall–Kier alpha value is -1.26. The highest BCUT2D eigenvalue weighted by molar-refractivity contribution is 5.14. The fraction of sp³-hybridized carbons (Fsp3) is 0.385. The van der Waals surface area contributed by atoms with Crippen LogP contribution in [-0.2, 0) is 6.42 Å². The molecule has 0 unspecified atom stereocenters. The second kappa shape index (κ2) is 7.17. The lowest BCUT2D eigenvalue weighted by atomic mass is 10.1. The van der Waals surface area contributed by atoms with Crippen molar-refractivity contribution in [1.82, 2.24) is 0 Å². The Kier molecular flexibility index (Phi) is 5.54. The maximum atomic E-state index is 8.43. The van der Waals surface area contributed by atoms with Crippen LogP contribution in [0.2, 0.25) is 0 Å². The Morgan fingerprint density at radius 3 is 2.50 bits per heavy atom. The van der Waals surface area contributed by atoms with Gasteiger partial charge in [-0.25, -0.2) is 0 Å². The maximum Gasteiger partial charge on any atom is 0.104 e. The zero-order chi connectivity index (χ0) is 10.1. The van der Waals surface area contributed by atoms with Crippen LogP contribution < -0.4 is 0 Å². The summed E-state index contributed by atoms with van der Waals surface area (Å²) in [6.07, 6.45) is 4.31. The van der Waals surface area contributed by atoms with E-state index in [0.717, 1.165) is 19.3 Å². The van der Waals surface area contributed by atoms with Crippen LogP contribution in [0.25, 0.3) is 0 Å². The summed E-state index contributed by atoms with van der Waals surface area (Å²) < 4.78 is 0. The third-order valence-electron chi connectivity index (χ3n) is 2.06. The van der Waals surface area contributed by atoms with Gasteiger partial charge in [0.25, 0.3) is 0 Å². The lowest BCUT2D eigenvalue weighted by Gasteiger charge is -1.98. The Balaban J connectivity index is 2.10. The predicted octanol–water partition coefficient (Wildman–Crippen LogP) is 2.40. The molecule has 1 rings (SSSR count). The Morgan fingerprint density at radius 1 is 1.00 bits per heavy atom. The van der Waals surface area contributed by atoms with Crippen molar-refractivity contribution >= 4 is 0 Å². The van der Waals surface area contributed by atoms with Gasteiger partial charge in [0.2, 0.25) is 0 Å². The second-order valence-electron chi connectivity index (χ2n) is 3.20. The van der Waals surface area contributed by atoms with Gasteiger partial charge in [-0.3, -0.25) is 0 Å². The molecule has 14 heavy (non-hydrogen) atoms. The van der Waals surface area contributed by atoms with E-state index < -0.39 is 0 Å². The number of aryl methyl sites for hydroxylation is 1. The molecule has 0 spiro atoms. The van der Waals surface area contributed by atoms with Crippen LogP contribution in [-0.4, -0.2) is 11.7 Å². The third kappa shape index (κ3) is 4.69. The van der Waals surface area contributed by atoms with Crippen LogP contribution in [0.3, 0.4) is 0 Å². The van der Waals surface area contributed by atoms with Crippen molar-refractivity contribution < 1.29 is 5.11 Å². The van der Waals surface area contributed by atoms with Crippen LogP contribution in [0.4, 0.5) is 0 Å². The van der Waals surface area contributed by atoms with Crippen molar-refractivity contribution in [3.8, 4) is 11.8 Å². The molecule has 1 aromatic rings. The third-order valence-corrected chi connectivity index (χ3v) is 2.06. The zero-order valence-corrected chi connectivity index (χ0v) is 8.37. The van der Waals surface area contributed by atoms with Gasteiger partial charge in [0, 0.05) is 6.42 Å². The average Bonchev–Trinajstić information content (AvgIpc) is 2.25. The molecule has 1 N–H and O–H groups in total. The Labute approximate surface area is 85.8 Å². The van der Waals surface area contributed by atoms with Crippen LogP contribution in [0, 0.1) is 11.8 Å². The van der Waals surface area contributed by atoms with Crippen LogP contribution in [0.5, 0.6) is 0 Å². The summed E-state index contributed by atoms with van der Waals surface area (Å²) >= 11 is 0. The normalized spacial score (nSPS) is 9.21. The number of rotatable bonds is 4. The molecule has 1 aromatic carbocycles. The molecular formula is C13H16O. The summed E-state index contributed by atoms with van der Waals surface area (Å²) in [5.74, 6) is 5.57. The highest BCUT2D eigenvalue weighted by Gasteiger charge is 1.90. The molecule has 0 saturated carbocycles. The van der Waals surface area contributed by atoms with Crippen molar-refractivity contribution in [1.29, 1.82) is 0 Å². The van der Waals surface area contributed by atoms with E-state index in [1.165, 1.54) is 12.0 Å². The summed E-state index contributed by atoms with van der Waals surface area (Å²) in [5, 5.41) is 8.43. The molecule has 1 heteroatoms. The van der Waals surface area contributed by atoms with Gasteiger partial charge in [0.15, 0.2) is 0 Å². The van der Waals surface area contributed by atoms with Gasteiger partial charge in [0.1, 0.15) is 6.61 Å². The quantitative estimate of drug-likeness (QED) is 0.568. The lowest BCUT2D eigenvalue weighted by molar-refractivity contribution is 0.350. The summed E-state index contributed by atoms with van der Waals surface area (Å²) in [5.41, 5.74) is 1.39. The highest BCUT2D eigenvalue weighted by atomic mass is 16.2. The van der Waals surface area contributed by atoms with E-state index in [-0.39, 0.29) is 6.61 Å². The highest BCUT2D eigenvalue weighted by Crippen LogP contribution is 2.05. The molecule has 0 aliphatic rings. The van der Waals surface area contributed by atoms with E-state index in [4.69, 9.17) is 5.11 Å². The first-order chi connectivity index (χ1) is 6.93. The van der Waals surface area contributed by atoms with E-state index in [0.29, 0.717) is 0 Å². The molecule has 0 saturated heterocycles. The molecule has 74 valence electrons. The van der Waals surface area contributed by atoms with Gasteiger partial charge >= 0.3 is 0 Å². The smallest absolute Gasteiger partial charge is 0.104 e. The molecule has 0 aromatic heterocycles. The Morgan fingerprint density at radius 2 is 1.79 bits per heavy atom. The van der Waals surface area contributed by atoms with E-state index in [1.54, 1.807) is 0 Å². The molecule has 0 heterocycles. The minimum Gasteiger partial charge on any atom is -0.384 e. The van der Waals surface area contributed by atoms with Crippen molar-refractivity contribution in [3.05, 3.63) is 35.9 Å². The van der Waals surface area contributed by atoms with E-state index in [2.05, 4.69) is 36.1 Å². The number of hydrogen-bond acceptors (Lipinski definition) is 1. The Bertz CT molecular complexity index is 292. The molecule has 0 fully saturated rings. The summed E-state index contributed by atoms with van der Waals surface area (Å²) in [7, 11) is 0. The molecule has 1 nitrogen and oxygen atoms in total. The van der Waals surface area contributed by atoms with E-state index in [9.17, 15) is 0 Å². The van der Waals surface area contributed by atoms with Gasteiger partial charge in [-0.15, -0.1) is 5.92 Å². The summed E-state index contributed by atoms with van der Waals surface area (Å²) in [6, 6.07) is 10.5. The van der Waals surface area contributed by atoms with Gasteiger partial charge < -0.3 is 5.11 Å². The first-order valence-electron chi connectivity index (χ1n) is 5.04. The summed E-state index contributed by atoms with van der Waals surface area (Å²) in [4.78, 5) is 0. The van der Waals surface area contributed by atoms with Gasteiger partial charge in [-0.05, 0) is 24.8 Å². The van der Waals surface area contributed by atoms with Crippen LogP contribution in [0.1, 0.15) is 24.8 Å². The predicted molar refractivity (Wildman–Crippen MR) is 58.9 cm³/mol. The number of unbranched alkanes of at least 4 members (excludes halogenated alkanes) is 2. The van der Waals surface area contributed by atoms with Crippen LogP contribution >= 0.6 is 0 Å². The molecule has 0 atom stereocenters. The largest absolute Gasteiger partial charge is 0.384 e. The molecule has 0 radical (unpaired) electrons. The minimum atomic E-state index is -0.0152. The lowest BCUT2D eigenvalue weighted by Crippen LogP contribution is -1.84. The number of aliphatic hydroxyl groups is 1. The SMILES string of the molecule is OCC#CCCCCc1ccccc1. The van der Waals surface area contributed by atoms with Gasteiger partial charge in [0.05, 0.1) is 0 Å². The van der Waals surface area contributed by atoms with Gasteiger partial charge in [-0.2, -0.15) is 0 Å². The molecular weight excluding hydrogens is 172 g/mol. The van der Waals surface area contributed by atoms with Crippen molar-refractivity contribution in [2.24, 2.45) is 0 Å². The molecule has 0 bridgehead atoms. The monoisotopic (exact) mass is 188 g/mol. The number of hydrogen-bond donors (Lipinski definition) is 1. The van der Waals surface area contributed by atoms with Crippen LogP contribution in [0.15, 0.2) is 30.3 Å². The number of benzene rings is 1. The van der Waals surface area contributed by atoms with E-state index >= 15 is 0 Å². The van der Waals surface area contributed by atoms with Crippen molar-refractivity contribution in [2.45, 2.75) is 25.7 Å². The molecule has 0 aliphatic heterocycles. The molecule has 0 amide bonds. The fourth-order valence-corrected chi connectivity index (χ4v) is 1.33.